The number of hydrogen-bond donors (Lipinski definition) is 1. The molecular formula is C11H18N2O4. The molecule has 0 atom stereocenters. The number of rotatable bonds is 7. The van der Waals surface area contributed by atoms with Crippen molar-refractivity contribution in [3.63, 3.8) is 0 Å². The molecule has 1 N–H and O–H groups in total. The van der Waals surface area contributed by atoms with E-state index in [9.17, 15) is 4.79 Å². The normalized spacial score (nSPS) is 10.5. The molecule has 0 aliphatic rings. The summed E-state index contributed by atoms with van der Waals surface area (Å²) in [5, 5.41) is 12.5. The lowest BCUT2D eigenvalue weighted by atomic mass is 10.3. The van der Waals surface area contributed by atoms with Crippen molar-refractivity contribution in [1.82, 2.24) is 10.1 Å². The van der Waals surface area contributed by atoms with E-state index in [2.05, 4.69) is 5.16 Å². The fraction of sp³-hybridized carbons (Fsp3) is 0.636. The third kappa shape index (κ3) is 3.83. The lowest BCUT2D eigenvalue weighted by Crippen LogP contribution is -2.32. The first-order chi connectivity index (χ1) is 8.22. The predicted octanol–water partition coefficient (Wildman–Crippen LogP) is 0.665. The van der Waals surface area contributed by atoms with E-state index >= 15 is 0 Å². The Morgan fingerprint density at radius 1 is 1.65 bits per heavy atom. The second kappa shape index (κ2) is 7.03. The summed E-state index contributed by atoms with van der Waals surface area (Å²) in [4.78, 5) is 13.6. The Labute approximate surface area is 100 Å². The molecule has 1 heterocycles. The fourth-order valence-electron chi connectivity index (χ4n) is 1.45. The second-order valence-corrected chi connectivity index (χ2v) is 3.57. The summed E-state index contributed by atoms with van der Waals surface area (Å²) in [7, 11) is 1.55. The van der Waals surface area contributed by atoms with Crippen molar-refractivity contribution in [2.45, 2.75) is 20.0 Å². The minimum absolute atomic E-state index is 0.0670. The van der Waals surface area contributed by atoms with Crippen LogP contribution in [0.2, 0.25) is 0 Å². The Morgan fingerprint density at radius 3 is 3.00 bits per heavy atom. The van der Waals surface area contributed by atoms with E-state index in [1.54, 1.807) is 18.1 Å². The highest BCUT2D eigenvalue weighted by Gasteiger charge is 2.18. The monoisotopic (exact) mass is 242 g/mol. The Bertz CT molecular complexity index is 351. The van der Waals surface area contributed by atoms with Gasteiger partial charge in [0.25, 0.3) is 5.91 Å². The van der Waals surface area contributed by atoms with Crippen molar-refractivity contribution in [2.24, 2.45) is 0 Å². The quantitative estimate of drug-likeness (QED) is 0.760. The summed E-state index contributed by atoms with van der Waals surface area (Å²) in [5.41, 5.74) is 0.275. The number of carbonyl (C=O) groups is 1. The third-order valence-electron chi connectivity index (χ3n) is 2.32. The molecule has 1 aromatic heterocycles. The lowest BCUT2D eigenvalue weighted by molar-refractivity contribution is 0.0743. The third-order valence-corrected chi connectivity index (χ3v) is 2.32. The molecule has 0 saturated carbocycles. The van der Waals surface area contributed by atoms with Crippen molar-refractivity contribution in [3.8, 4) is 0 Å². The van der Waals surface area contributed by atoms with Crippen molar-refractivity contribution in [1.29, 1.82) is 0 Å². The van der Waals surface area contributed by atoms with Crippen LogP contribution in [0.15, 0.2) is 10.6 Å². The van der Waals surface area contributed by atoms with Gasteiger partial charge in [-0.05, 0) is 13.3 Å². The zero-order valence-electron chi connectivity index (χ0n) is 10.2. The fourth-order valence-corrected chi connectivity index (χ4v) is 1.45. The molecular weight excluding hydrogens is 224 g/mol. The van der Waals surface area contributed by atoms with Crippen molar-refractivity contribution in [3.05, 3.63) is 17.5 Å². The van der Waals surface area contributed by atoms with Gasteiger partial charge < -0.3 is 19.3 Å². The summed E-state index contributed by atoms with van der Waals surface area (Å²) in [5.74, 6) is 0.334. The van der Waals surface area contributed by atoms with Gasteiger partial charge in [-0.15, -0.1) is 0 Å². The van der Waals surface area contributed by atoms with Crippen LogP contribution in [-0.4, -0.2) is 47.9 Å². The van der Waals surface area contributed by atoms with Crippen molar-refractivity contribution in [2.75, 3.05) is 26.8 Å². The molecule has 0 unspecified atom stereocenters. The molecule has 1 rings (SSSR count). The summed E-state index contributed by atoms with van der Waals surface area (Å²) in [6.07, 6.45) is 0.558. The average Bonchev–Trinajstić information content (AvgIpc) is 2.79. The van der Waals surface area contributed by atoms with Gasteiger partial charge in [0.05, 0.1) is 0 Å². The Balaban J connectivity index is 2.65. The average molecular weight is 242 g/mol. The van der Waals surface area contributed by atoms with Crippen molar-refractivity contribution < 1.29 is 19.2 Å². The highest BCUT2D eigenvalue weighted by atomic mass is 16.5. The van der Waals surface area contributed by atoms with Gasteiger partial charge in [0.1, 0.15) is 6.61 Å². The lowest BCUT2D eigenvalue weighted by Gasteiger charge is -2.18. The van der Waals surface area contributed by atoms with Gasteiger partial charge in [-0.3, -0.25) is 4.79 Å². The molecule has 6 heteroatoms. The highest BCUT2D eigenvalue weighted by molar-refractivity contribution is 5.92. The van der Waals surface area contributed by atoms with Crippen LogP contribution in [-0.2, 0) is 11.3 Å². The molecule has 0 aromatic carbocycles. The van der Waals surface area contributed by atoms with Crippen LogP contribution in [0.3, 0.4) is 0 Å². The zero-order chi connectivity index (χ0) is 12.7. The van der Waals surface area contributed by atoms with E-state index in [1.807, 2.05) is 6.92 Å². The van der Waals surface area contributed by atoms with E-state index in [0.29, 0.717) is 31.9 Å². The van der Waals surface area contributed by atoms with Crippen LogP contribution >= 0.6 is 0 Å². The maximum absolute atomic E-state index is 12.0. The molecule has 0 aliphatic heterocycles. The van der Waals surface area contributed by atoms with E-state index in [4.69, 9.17) is 14.4 Å². The first kappa shape index (κ1) is 13.7. The minimum atomic E-state index is -0.188. The molecule has 6 nitrogen and oxygen atoms in total. The van der Waals surface area contributed by atoms with Gasteiger partial charge in [-0.1, -0.05) is 5.16 Å². The number of amides is 1. The first-order valence-electron chi connectivity index (χ1n) is 5.57. The summed E-state index contributed by atoms with van der Waals surface area (Å²) in [6.45, 7) is 3.33. The molecule has 0 aliphatic carbocycles. The summed E-state index contributed by atoms with van der Waals surface area (Å²) >= 11 is 0. The van der Waals surface area contributed by atoms with Crippen LogP contribution in [0, 0.1) is 0 Å². The number of ether oxygens (including phenoxy) is 1. The molecule has 17 heavy (non-hydrogen) atoms. The van der Waals surface area contributed by atoms with Crippen LogP contribution < -0.4 is 0 Å². The van der Waals surface area contributed by atoms with Crippen LogP contribution in [0.25, 0.3) is 0 Å². The second-order valence-electron chi connectivity index (χ2n) is 3.57. The van der Waals surface area contributed by atoms with Crippen LogP contribution in [0.5, 0.6) is 0 Å². The molecule has 96 valence electrons. The van der Waals surface area contributed by atoms with E-state index in [0.717, 1.165) is 0 Å². The van der Waals surface area contributed by atoms with E-state index in [-0.39, 0.29) is 18.2 Å². The van der Waals surface area contributed by atoms with E-state index in [1.165, 1.54) is 0 Å². The van der Waals surface area contributed by atoms with Crippen LogP contribution in [0.4, 0.5) is 0 Å². The SMILES string of the molecule is CCN(CCCO)C(=O)c1cc(COC)on1. The molecule has 0 bridgehead atoms. The zero-order valence-corrected chi connectivity index (χ0v) is 10.2. The van der Waals surface area contributed by atoms with Gasteiger partial charge in [0.15, 0.2) is 11.5 Å². The first-order valence-corrected chi connectivity index (χ1v) is 5.57. The number of methoxy groups -OCH3 is 1. The molecule has 1 amide bonds. The number of aliphatic hydroxyl groups is 1. The minimum Gasteiger partial charge on any atom is -0.396 e. The van der Waals surface area contributed by atoms with Crippen LogP contribution in [0.1, 0.15) is 29.6 Å². The summed E-state index contributed by atoms with van der Waals surface area (Å²) < 4.78 is 9.83. The van der Waals surface area contributed by atoms with Crippen molar-refractivity contribution >= 4 is 5.91 Å². The molecule has 0 saturated heterocycles. The predicted molar refractivity (Wildman–Crippen MR) is 60.5 cm³/mol. The maximum atomic E-state index is 12.0. The molecule has 0 fully saturated rings. The molecule has 1 aromatic rings. The number of aliphatic hydroxyl groups excluding tert-OH is 1. The number of nitrogens with zero attached hydrogens (tertiary/aromatic N) is 2. The number of carbonyl (C=O) groups excluding carboxylic acids is 1. The molecule has 0 spiro atoms. The van der Waals surface area contributed by atoms with Gasteiger partial charge in [-0.2, -0.15) is 0 Å². The standard InChI is InChI=1S/C11H18N2O4/c1-3-13(5-4-6-14)11(15)10-7-9(8-16-2)17-12-10/h7,14H,3-6,8H2,1-2H3. The number of hydrogen-bond acceptors (Lipinski definition) is 5. The van der Waals surface area contributed by atoms with Gasteiger partial charge in [0.2, 0.25) is 0 Å². The maximum Gasteiger partial charge on any atom is 0.276 e. The van der Waals surface area contributed by atoms with Gasteiger partial charge >= 0.3 is 0 Å². The topological polar surface area (TPSA) is 75.8 Å². The Kier molecular flexibility index (Phi) is 5.65. The van der Waals surface area contributed by atoms with Gasteiger partial charge in [0, 0.05) is 32.9 Å². The summed E-state index contributed by atoms with van der Waals surface area (Å²) in [6, 6.07) is 1.58. The number of aromatic nitrogens is 1. The smallest absolute Gasteiger partial charge is 0.276 e. The molecule has 0 radical (unpaired) electrons. The largest absolute Gasteiger partial charge is 0.396 e. The Morgan fingerprint density at radius 2 is 2.41 bits per heavy atom. The van der Waals surface area contributed by atoms with Gasteiger partial charge in [-0.25, -0.2) is 0 Å². The van der Waals surface area contributed by atoms with E-state index < -0.39 is 0 Å². The Hall–Kier alpha value is -1.40. The highest BCUT2D eigenvalue weighted by Crippen LogP contribution is 2.08.